The van der Waals surface area contributed by atoms with Crippen LogP contribution in [0.1, 0.15) is 11.5 Å². The van der Waals surface area contributed by atoms with Crippen molar-refractivity contribution in [2.45, 2.75) is 13.8 Å². The Morgan fingerprint density at radius 1 is 1.19 bits per heavy atom. The van der Waals surface area contributed by atoms with E-state index in [2.05, 4.69) is 9.97 Å². The first kappa shape index (κ1) is 10.9. The van der Waals surface area contributed by atoms with Crippen molar-refractivity contribution in [3.05, 3.63) is 40.8 Å². The molecule has 2 rings (SSSR count). The molecule has 0 saturated carbocycles. The largest absolute Gasteiger partial charge is 0.383 e. The normalized spacial score (nSPS) is 10.4. The molecule has 0 aliphatic carbocycles. The number of halogens is 1. The number of hydrogen-bond acceptors (Lipinski definition) is 3. The van der Waals surface area contributed by atoms with Crippen LogP contribution in [0.25, 0.3) is 11.1 Å². The summed E-state index contributed by atoms with van der Waals surface area (Å²) >= 11 is 5.95. The third kappa shape index (κ3) is 1.99. The number of hydrogen-bond donors (Lipinski definition) is 1. The predicted molar refractivity (Wildman–Crippen MR) is 66.4 cm³/mol. The zero-order valence-corrected chi connectivity index (χ0v) is 9.92. The van der Waals surface area contributed by atoms with Crippen molar-refractivity contribution in [2.24, 2.45) is 0 Å². The average molecular weight is 234 g/mol. The maximum atomic E-state index is 5.95. The minimum atomic E-state index is 0.493. The maximum absolute atomic E-state index is 5.95. The molecular formula is C12H12ClN3. The SMILES string of the molecule is Cc1nc(C)c(-c2cccc(Cl)c2)c(N)n1. The number of nitrogen functional groups attached to an aromatic ring is 1. The van der Waals surface area contributed by atoms with Gasteiger partial charge in [-0.05, 0) is 31.5 Å². The van der Waals surface area contributed by atoms with Crippen molar-refractivity contribution in [2.75, 3.05) is 5.73 Å². The van der Waals surface area contributed by atoms with Crippen LogP contribution < -0.4 is 5.73 Å². The van der Waals surface area contributed by atoms with Crippen molar-refractivity contribution in [3.8, 4) is 11.1 Å². The molecule has 4 heteroatoms. The summed E-state index contributed by atoms with van der Waals surface area (Å²) in [5, 5.41) is 0.678. The number of nitrogens with zero attached hydrogens (tertiary/aromatic N) is 2. The molecule has 82 valence electrons. The summed E-state index contributed by atoms with van der Waals surface area (Å²) in [6.07, 6.45) is 0. The second kappa shape index (κ2) is 4.10. The van der Waals surface area contributed by atoms with Gasteiger partial charge < -0.3 is 5.73 Å². The molecule has 16 heavy (non-hydrogen) atoms. The molecule has 0 radical (unpaired) electrons. The van der Waals surface area contributed by atoms with E-state index in [0.29, 0.717) is 16.7 Å². The van der Waals surface area contributed by atoms with E-state index < -0.39 is 0 Å². The molecule has 2 N–H and O–H groups in total. The van der Waals surface area contributed by atoms with E-state index in [-0.39, 0.29) is 0 Å². The van der Waals surface area contributed by atoms with E-state index in [1.54, 1.807) is 0 Å². The molecule has 0 spiro atoms. The van der Waals surface area contributed by atoms with Gasteiger partial charge in [0.05, 0.1) is 5.69 Å². The Morgan fingerprint density at radius 3 is 2.56 bits per heavy atom. The van der Waals surface area contributed by atoms with Crippen molar-refractivity contribution in [3.63, 3.8) is 0 Å². The van der Waals surface area contributed by atoms with Crippen LogP contribution >= 0.6 is 11.6 Å². The highest BCUT2D eigenvalue weighted by molar-refractivity contribution is 6.30. The van der Waals surface area contributed by atoms with Crippen molar-refractivity contribution in [1.29, 1.82) is 0 Å². The summed E-state index contributed by atoms with van der Waals surface area (Å²) < 4.78 is 0. The van der Waals surface area contributed by atoms with Crippen LogP contribution in [0, 0.1) is 13.8 Å². The number of aryl methyl sites for hydroxylation is 2. The second-order valence-corrected chi connectivity index (χ2v) is 4.06. The van der Waals surface area contributed by atoms with Crippen LogP contribution in [0.5, 0.6) is 0 Å². The molecule has 2 aromatic rings. The van der Waals surface area contributed by atoms with Crippen LogP contribution in [0.4, 0.5) is 5.82 Å². The summed E-state index contributed by atoms with van der Waals surface area (Å²) in [5.74, 6) is 1.17. The Hall–Kier alpha value is -1.61. The smallest absolute Gasteiger partial charge is 0.135 e. The number of aromatic nitrogens is 2. The lowest BCUT2D eigenvalue weighted by Gasteiger charge is -2.09. The average Bonchev–Trinajstić information content (AvgIpc) is 2.15. The second-order valence-electron chi connectivity index (χ2n) is 3.63. The summed E-state index contributed by atoms with van der Waals surface area (Å²) in [6, 6.07) is 7.52. The minimum absolute atomic E-state index is 0.493. The van der Waals surface area contributed by atoms with Gasteiger partial charge in [0.15, 0.2) is 0 Å². The van der Waals surface area contributed by atoms with Gasteiger partial charge in [-0.3, -0.25) is 0 Å². The zero-order valence-electron chi connectivity index (χ0n) is 9.16. The number of rotatable bonds is 1. The van der Waals surface area contributed by atoms with Gasteiger partial charge in [0, 0.05) is 10.6 Å². The fourth-order valence-electron chi connectivity index (χ4n) is 1.74. The van der Waals surface area contributed by atoms with Gasteiger partial charge >= 0.3 is 0 Å². The zero-order chi connectivity index (χ0) is 11.7. The molecule has 0 bridgehead atoms. The molecule has 0 amide bonds. The van der Waals surface area contributed by atoms with E-state index >= 15 is 0 Å². The Morgan fingerprint density at radius 2 is 1.94 bits per heavy atom. The number of nitrogens with two attached hydrogens (primary N) is 1. The maximum Gasteiger partial charge on any atom is 0.135 e. The molecule has 1 aromatic heterocycles. The first-order chi connectivity index (χ1) is 7.58. The van der Waals surface area contributed by atoms with E-state index in [1.165, 1.54) is 0 Å². The third-order valence-corrected chi connectivity index (χ3v) is 2.58. The molecule has 0 saturated heterocycles. The van der Waals surface area contributed by atoms with Gasteiger partial charge in [0.25, 0.3) is 0 Å². The first-order valence-electron chi connectivity index (χ1n) is 4.94. The van der Waals surface area contributed by atoms with Crippen molar-refractivity contribution < 1.29 is 0 Å². The van der Waals surface area contributed by atoms with E-state index in [0.717, 1.165) is 16.8 Å². The highest BCUT2D eigenvalue weighted by atomic mass is 35.5. The Balaban J connectivity index is 2.64. The molecule has 0 aliphatic rings. The Bertz CT molecular complexity index is 515. The lowest BCUT2D eigenvalue weighted by atomic mass is 10.1. The van der Waals surface area contributed by atoms with Crippen LogP contribution in [0.15, 0.2) is 24.3 Å². The van der Waals surface area contributed by atoms with Crippen LogP contribution in [-0.2, 0) is 0 Å². The minimum Gasteiger partial charge on any atom is -0.383 e. The Kier molecular flexibility index (Phi) is 2.79. The van der Waals surface area contributed by atoms with Gasteiger partial charge in [-0.25, -0.2) is 9.97 Å². The molecule has 1 aromatic carbocycles. The number of benzene rings is 1. The van der Waals surface area contributed by atoms with Gasteiger partial charge in [0.1, 0.15) is 11.6 Å². The van der Waals surface area contributed by atoms with Crippen LogP contribution in [0.2, 0.25) is 5.02 Å². The van der Waals surface area contributed by atoms with Gasteiger partial charge in [-0.2, -0.15) is 0 Å². The predicted octanol–water partition coefficient (Wildman–Crippen LogP) is 3.00. The van der Waals surface area contributed by atoms with Gasteiger partial charge in [-0.15, -0.1) is 0 Å². The Labute approximate surface area is 99.3 Å². The monoisotopic (exact) mass is 233 g/mol. The standard InChI is InChI=1S/C12H12ClN3/c1-7-11(12(14)16-8(2)15-7)9-4-3-5-10(13)6-9/h3-6H,1-2H3,(H2,14,15,16). The lowest BCUT2D eigenvalue weighted by molar-refractivity contribution is 1.02. The highest BCUT2D eigenvalue weighted by Gasteiger charge is 2.09. The van der Waals surface area contributed by atoms with Crippen molar-refractivity contribution in [1.82, 2.24) is 9.97 Å². The third-order valence-electron chi connectivity index (χ3n) is 2.34. The topological polar surface area (TPSA) is 51.8 Å². The molecule has 3 nitrogen and oxygen atoms in total. The molecule has 0 unspecified atom stereocenters. The van der Waals surface area contributed by atoms with Crippen molar-refractivity contribution >= 4 is 17.4 Å². The molecule has 0 aliphatic heterocycles. The highest BCUT2D eigenvalue weighted by Crippen LogP contribution is 2.28. The van der Waals surface area contributed by atoms with E-state index in [9.17, 15) is 0 Å². The molecule has 1 heterocycles. The summed E-state index contributed by atoms with van der Waals surface area (Å²) in [6.45, 7) is 3.74. The lowest BCUT2D eigenvalue weighted by Crippen LogP contribution is -2.02. The number of anilines is 1. The first-order valence-corrected chi connectivity index (χ1v) is 5.32. The summed E-state index contributed by atoms with van der Waals surface area (Å²) in [4.78, 5) is 8.47. The van der Waals surface area contributed by atoms with Gasteiger partial charge in [0.2, 0.25) is 0 Å². The fraction of sp³-hybridized carbons (Fsp3) is 0.167. The molecule has 0 fully saturated rings. The molecule has 0 atom stereocenters. The summed E-state index contributed by atoms with van der Waals surface area (Å²) in [7, 11) is 0. The van der Waals surface area contributed by atoms with Crippen LogP contribution in [0.3, 0.4) is 0 Å². The quantitative estimate of drug-likeness (QED) is 0.824. The van der Waals surface area contributed by atoms with Crippen LogP contribution in [-0.4, -0.2) is 9.97 Å². The van der Waals surface area contributed by atoms with E-state index in [1.807, 2.05) is 38.1 Å². The van der Waals surface area contributed by atoms with E-state index in [4.69, 9.17) is 17.3 Å². The van der Waals surface area contributed by atoms with Gasteiger partial charge in [-0.1, -0.05) is 23.7 Å². The molecular weight excluding hydrogens is 222 g/mol. The fourth-order valence-corrected chi connectivity index (χ4v) is 1.93. The summed E-state index contributed by atoms with van der Waals surface area (Å²) in [5.41, 5.74) is 8.58.